The number of piperidine rings is 1. The normalized spacial score (nSPS) is 19.4. The molecule has 3 N–H and O–H groups in total. The van der Waals surface area contributed by atoms with E-state index in [0.29, 0.717) is 55.5 Å². The minimum atomic E-state index is -0.751. The van der Waals surface area contributed by atoms with Gasteiger partial charge in [0.1, 0.15) is 5.75 Å². The van der Waals surface area contributed by atoms with Gasteiger partial charge in [-0.1, -0.05) is 24.3 Å². The number of hydrogen-bond donors (Lipinski definition) is 3. The summed E-state index contributed by atoms with van der Waals surface area (Å²) < 4.78 is 5.77. The monoisotopic (exact) mass is 570 g/mol. The molecule has 2 atom stereocenters. The maximum atomic E-state index is 13.2. The Morgan fingerprint density at radius 2 is 1.88 bits per heavy atom. The molecule has 9 nitrogen and oxygen atoms in total. The lowest BCUT2D eigenvalue weighted by atomic mass is 9.93. The van der Waals surface area contributed by atoms with Gasteiger partial charge in [0.15, 0.2) is 0 Å². The van der Waals surface area contributed by atoms with E-state index in [9.17, 15) is 19.5 Å². The maximum Gasteiger partial charge on any atom is 0.255 e. The number of carbonyl (C=O) groups is 3. The third-order valence-corrected chi connectivity index (χ3v) is 8.22. The zero-order valence-electron chi connectivity index (χ0n) is 23.2. The third kappa shape index (κ3) is 6.43. The Hall–Kier alpha value is -3.14. The molecule has 1 saturated heterocycles. The van der Waals surface area contributed by atoms with Crippen LogP contribution < -0.4 is 15.4 Å². The average molecular weight is 571 g/mol. The second kappa shape index (κ2) is 13.0. The zero-order chi connectivity index (χ0) is 27.5. The zero-order valence-corrected chi connectivity index (χ0v) is 24.0. The van der Waals surface area contributed by atoms with Crippen LogP contribution in [0.15, 0.2) is 36.4 Å². The molecule has 3 aliphatic heterocycles. The summed E-state index contributed by atoms with van der Waals surface area (Å²) in [6, 6.07) is 11.5. The van der Waals surface area contributed by atoms with Crippen molar-refractivity contribution in [1.29, 1.82) is 0 Å². The first-order valence-corrected chi connectivity index (χ1v) is 13.9. The SMILES string of the molecule is CCOc1cc2c(cc1C(=O)NCC(O)[C@@H]1Cc3ccccc3CN1)CN(CC1CCN(C(C)=O)CC1)C2=O.Cl. The number of aliphatic hydroxyl groups is 1. The third-order valence-electron chi connectivity index (χ3n) is 8.22. The summed E-state index contributed by atoms with van der Waals surface area (Å²) in [7, 11) is 0. The molecule has 10 heteroatoms. The molecule has 40 heavy (non-hydrogen) atoms. The van der Waals surface area contributed by atoms with Crippen molar-refractivity contribution in [2.24, 2.45) is 5.92 Å². The Bertz CT molecular complexity index is 1250. The molecular formula is C30H39ClN4O5. The number of halogens is 1. The van der Waals surface area contributed by atoms with Gasteiger partial charge in [-0.2, -0.15) is 0 Å². The molecule has 3 heterocycles. The summed E-state index contributed by atoms with van der Waals surface area (Å²) in [5.41, 5.74) is 4.19. The fourth-order valence-electron chi connectivity index (χ4n) is 5.93. The summed E-state index contributed by atoms with van der Waals surface area (Å²) in [6.45, 7) is 7.11. The Kier molecular flexibility index (Phi) is 9.71. The second-order valence-corrected chi connectivity index (χ2v) is 10.8. The predicted molar refractivity (Wildman–Crippen MR) is 154 cm³/mol. The fraction of sp³-hybridized carbons (Fsp3) is 0.500. The summed E-state index contributed by atoms with van der Waals surface area (Å²) in [4.78, 5) is 41.8. The van der Waals surface area contributed by atoms with Gasteiger partial charge in [-0.05, 0) is 60.9 Å². The van der Waals surface area contributed by atoms with Gasteiger partial charge >= 0.3 is 0 Å². The van der Waals surface area contributed by atoms with Gasteiger partial charge in [-0.15, -0.1) is 12.4 Å². The summed E-state index contributed by atoms with van der Waals surface area (Å²) in [6.07, 6.45) is 1.70. The molecule has 5 rings (SSSR count). The van der Waals surface area contributed by atoms with Crippen LogP contribution in [0.1, 0.15) is 64.1 Å². The van der Waals surface area contributed by atoms with E-state index in [1.165, 1.54) is 11.1 Å². The van der Waals surface area contributed by atoms with Crippen molar-refractivity contribution >= 4 is 30.1 Å². The summed E-state index contributed by atoms with van der Waals surface area (Å²) >= 11 is 0. The molecule has 0 saturated carbocycles. The molecule has 0 radical (unpaired) electrons. The molecule has 0 spiro atoms. The van der Waals surface area contributed by atoms with E-state index in [4.69, 9.17) is 4.74 Å². The average Bonchev–Trinajstić information content (AvgIpc) is 3.25. The van der Waals surface area contributed by atoms with Gasteiger partial charge < -0.3 is 30.3 Å². The number of nitrogens with one attached hydrogen (secondary N) is 2. The molecule has 0 aliphatic carbocycles. The lowest BCUT2D eigenvalue weighted by Gasteiger charge is -2.33. The van der Waals surface area contributed by atoms with Crippen LogP contribution in [0.2, 0.25) is 0 Å². The number of amides is 3. The van der Waals surface area contributed by atoms with Crippen molar-refractivity contribution in [3.63, 3.8) is 0 Å². The summed E-state index contributed by atoms with van der Waals surface area (Å²) in [5, 5.41) is 17.1. The van der Waals surface area contributed by atoms with Crippen molar-refractivity contribution in [3.05, 3.63) is 64.2 Å². The summed E-state index contributed by atoms with van der Waals surface area (Å²) in [5.74, 6) is 0.429. The lowest BCUT2D eigenvalue weighted by Crippen LogP contribution is -2.49. The largest absolute Gasteiger partial charge is 0.493 e. The number of ether oxygens (including phenoxy) is 1. The number of likely N-dealkylation sites (tertiary alicyclic amines) is 1. The number of benzene rings is 2. The van der Waals surface area contributed by atoms with Gasteiger partial charge in [-0.25, -0.2) is 0 Å². The highest BCUT2D eigenvalue weighted by atomic mass is 35.5. The number of fused-ring (bicyclic) bond motifs is 2. The highest BCUT2D eigenvalue weighted by Gasteiger charge is 2.33. The first-order valence-electron chi connectivity index (χ1n) is 13.9. The smallest absolute Gasteiger partial charge is 0.255 e. The number of carbonyl (C=O) groups excluding carboxylic acids is 3. The van der Waals surface area contributed by atoms with E-state index in [1.54, 1.807) is 19.1 Å². The number of aliphatic hydroxyl groups excluding tert-OH is 1. The van der Waals surface area contributed by atoms with E-state index in [1.807, 2.05) is 28.9 Å². The highest BCUT2D eigenvalue weighted by molar-refractivity contribution is 6.03. The van der Waals surface area contributed by atoms with Crippen molar-refractivity contribution in [1.82, 2.24) is 20.4 Å². The number of rotatable bonds is 8. The van der Waals surface area contributed by atoms with E-state index in [2.05, 4.69) is 22.8 Å². The maximum absolute atomic E-state index is 13.2. The number of hydrogen-bond acceptors (Lipinski definition) is 6. The molecule has 2 aromatic carbocycles. The standard InChI is InChI=1S/C30H38N4O5.ClH/c1-3-39-28-14-24-23(18-34(30(24)38)17-20-8-10-33(11-9-20)19(2)35)12-25(28)29(37)32-16-27(36)26-13-21-6-4-5-7-22(21)15-31-26;/h4-7,12,14,20,26-27,31,36H,3,8-11,13,15-18H2,1-2H3,(H,32,37);1H/t26-,27?;/m0./s1. The Balaban J connectivity index is 0.00000370. The minimum absolute atomic E-state index is 0. The van der Waals surface area contributed by atoms with Crippen LogP contribution in [-0.2, 0) is 24.3 Å². The first kappa shape index (κ1) is 29.8. The molecule has 0 bridgehead atoms. The van der Waals surface area contributed by atoms with E-state index >= 15 is 0 Å². The molecular weight excluding hydrogens is 532 g/mol. The topological polar surface area (TPSA) is 111 Å². The molecule has 216 valence electrons. The van der Waals surface area contributed by atoms with Crippen molar-refractivity contribution < 1.29 is 24.2 Å². The van der Waals surface area contributed by atoms with Crippen molar-refractivity contribution in [3.8, 4) is 5.75 Å². The highest BCUT2D eigenvalue weighted by Crippen LogP contribution is 2.32. The van der Waals surface area contributed by atoms with Crippen LogP contribution in [0.3, 0.4) is 0 Å². The van der Waals surface area contributed by atoms with Gasteiger partial charge in [0.2, 0.25) is 5.91 Å². The van der Waals surface area contributed by atoms with Crippen LogP contribution in [0.4, 0.5) is 0 Å². The van der Waals surface area contributed by atoms with E-state index < -0.39 is 6.10 Å². The van der Waals surface area contributed by atoms with Gasteiger partial charge in [-0.3, -0.25) is 14.4 Å². The van der Waals surface area contributed by atoms with Crippen LogP contribution in [0.25, 0.3) is 0 Å². The Morgan fingerprint density at radius 3 is 2.58 bits per heavy atom. The fourth-order valence-corrected chi connectivity index (χ4v) is 5.93. The van der Waals surface area contributed by atoms with Gasteiger partial charge in [0.25, 0.3) is 11.8 Å². The minimum Gasteiger partial charge on any atom is -0.493 e. The lowest BCUT2D eigenvalue weighted by molar-refractivity contribution is -0.130. The number of nitrogens with zero attached hydrogens (tertiary/aromatic N) is 2. The molecule has 0 aromatic heterocycles. The van der Waals surface area contributed by atoms with Crippen LogP contribution in [-0.4, -0.2) is 77.6 Å². The van der Waals surface area contributed by atoms with Gasteiger partial charge in [0.05, 0.1) is 18.3 Å². The molecule has 1 fully saturated rings. The molecule has 1 unspecified atom stereocenters. The van der Waals surface area contributed by atoms with Crippen molar-refractivity contribution in [2.45, 2.75) is 58.3 Å². The Morgan fingerprint density at radius 1 is 1.15 bits per heavy atom. The second-order valence-electron chi connectivity index (χ2n) is 10.8. The Labute approximate surface area is 241 Å². The van der Waals surface area contributed by atoms with Crippen molar-refractivity contribution in [2.75, 3.05) is 32.8 Å². The predicted octanol–water partition coefficient (Wildman–Crippen LogP) is 2.53. The molecule has 3 amide bonds. The van der Waals surface area contributed by atoms with Gasteiger partial charge in [0, 0.05) is 57.8 Å². The quantitative estimate of drug-likeness (QED) is 0.450. The van der Waals surface area contributed by atoms with Crippen LogP contribution in [0, 0.1) is 5.92 Å². The van der Waals surface area contributed by atoms with E-state index in [-0.39, 0.29) is 42.7 Å². The first-order chi connectivity index (χ1) is 18.8. The van der Waals surface area contributed by atoms with Crippen LogP contribution >= 0.6 is 12.4 Å². The van der Waals surface area contributed by atoms with Crippen LogP contribution in [0.5, 0.6) is 5.75 Å². The molecule has 2 aromatic rings. The van der Waals surface area contributed by atoms with E-state index in [0.717, 1.165) is 31.5 Å². The molecule has 3 aliphatic rings.